The Morgan fingerprint density at radius 2 is 2.10 bits per heavy atom. The van der Waals surface area contributed by atoms with E-state index in [0.29, 0.717) is 17.4 Å². The molecule has 1 fully saturated rings. The fraction of sp³-hybridized carbons (Fsp3) is 0.467. The van der Waals surface area contributed by atoms with E-state index in [1.54, 1.807) is 6.07 Å². The van der Waals surface area contributed by atoms with Crippen LogP contribution in [0.3, 0.4) is 0 Å². The van der Waals surface area contributed by atoms with Crippen molar-refractivity contribution < 1.29 is 0 Å². The van der Waals surface area contributed by atoms with Gasteiger partial charge >= 0.3 is 5.69 Å². The lowest BCUT2D eigenvalue weighted by atomic mass is 10.1. The molecule has 5 heteroatoms. The smallest absolute Gasteiger partial charge is 0.315 e. The first kappa shape index (κ1) is 13.1. The van der Waals surface area contributed by atoms with Gasteiger partial charge < -0.3 is 10.3 Å². The highest BCUT2D eigenvalue weighted by Crippen LogP contribution is 2.15. The lowest BCUT2D eigenvalue weighted by Crippen LogP contribution is -2.41. The van der Waals surface area contributed by atoms with Crippen molar-refractivity contribution in [3.63, 3.8) is 0 Å². The summed E-state index contributed by atoms with van der Waals surface area (Å²) < 4.78 is 1.38. The Morgan fingerprint density at radius 3 is 2.95 bits per heavy atom. The van der Waals surface area contributed by atoms with Crippen LogP contribution in [0.25, 0.3) is 10.9 Å². The van der Waals surface area contributed by atoms with Crippen LogP contribution in [0.15, 0.2) is 27.8 Å². The Morgan fingerprint density at radius 1 is 1.25 bits per heavy atom. The lowest BCUT2D eigenvalue weighted by Gasteiger charge is -2.17. The summed E-state index contributed by atoms with van der Waals surface area (Å²) in [5, 5.41) is 3.88. The predicted octanol–water partition coefficient (Wildman–Crippen LogP) is 1.31. The lowest BCUT2D eigenvalue weighted by molar-refractivity contribution is 0.435. The van der Waals surface area contributed by atoms with E-state index >= 15 is 0 Å². The fourth-order valence-corrected chi connectivity index (χ4v) is 2.90. The first-order valence-electron chi connectivity index (χ1n) is 7.13. The monoisotopic (exact) mass is 273 g/mol. The van der Waals surface area contributed by atoms with Crippen LogP contribution in [0, 0.1) is 6.92 Å². The van der Waals surface area contributed by atoms with Gasteiger partial charge in [0.05, 0.1) is 16.9 Å². The van der Waals surface area contributed by atoms with Crippen molar-refractivity contribution in [3.8, 4) is 0 Å². The minimum absolute atomic E-state index is 0.0561. The maximum Gasteiger partial charge on any atom is 0.329 e. The van der Waals surface area contributed by atoms with E-state index in [1.807, 2.05) is 19.1 Å². The van der Waals surface area contributed by atoms with Gasteiger partial charge in [-0.05, 0) is 44.0 Å². The van der Waals surface area contributed by atoms with Gasteiger partial charge in [-0.25, -0.2) is 4.79 Å². The van der Waals surface area contributed by atoms with E-state index in [0.717, 1.165) is 31.4 Å². The molecule has 1 unspecified atom stereocenters. The summed E-state index contributed by atoms with van der Waals surface area (Å²) in [5.74, 6) is 0. The van der Waals surface area contributed by atoms with Gasteiger partial charge in [0.2, 0.25) is 0 Å². The van der Waals surface area contributed by atoms with Gasteiger partial charge in [0, 0.05) is 6.54 Å². The molecule has 2 aromatic rings. The van der Waals surface area contributed by atoms with Crippen LogP contribution in [-0.2, 0) is 0 Å². The second kappa shape index (κ2) is 5.25. The van der Waals surface area contributed by atoms with E-state index in [9.17, 15) is 9.59 Å². The zero-order valence-corrected chi connectivity index (χ0v) is 11.6. The average Bonchev–Trinajstić information content (AvgIpc) is 2.67. The minimum atomic E-state index is -0.304. The molecule has 3 rings (SSSR count). The highest BCUT2D eigenvalue weighted by Gasteiger charge is 2.18. The quantitative estimate of drug-likeness (QED) is 0.823. The molecule has 1 saturated heterocycles. The van der Waals surface area contributed by atoms with Crippen molar-refractivity contribution in [2.75, 3.05) is 13.1 Å². The number of aromatic amines is 1. The van der Waals surface area contributed by atoms with Crippen molar-refractivity contribution in [1.29, 1.82) is 0 Å². The summed E-state index contributed by atoms with van der Waals surface area (Å²) in [4.78, 5) is 27.7. The second-order valence-corrected chi connectivity index (χ2v) is 5.51. The molecule has 1 aromatic carbocycles. The van der Waals surface area contributed by atoms with E-state index in [1.165, 1.54) is 4.57 Å². The van der Waals surface area contributed by atoms with Crippen LogP contribution >= 0.6 is 0 Å². The maximum absolute atomic E-state index is 12.6. The Bertz CT molecular complexity index is 737. The topological polar surface area (TPSA) is 66.9 Å². The molecule has 1 aromatic heterocycles. The third-order valence-corrected chi connectivity index (χ3v) is 3.97. The molecule has 2 N–H and O–H groups in total. The van der Waals surface area contributed by atoms with Gasteiger partial charge in [-0.1, -0.05) is 12.5 Å². The van der Waals surface area contributed by atoms with Crippen LogP contribution < -0.4 is 16.6 Å². The number of fused-ring (bicyclic) bond motifs is 1. The zero-order valence-electron chi connectivity index (χ0n) is 11.6. The summed E-state index contributed by atoms with van der Waals surface area (Å²) in [6.45, 7) is 3.58. The number of rotatable bonds is 1. The van der Waals surface area contributed by atoms with Crippen molar-refractivity contribution in [2.45, 2.75) is 32.2 Å². The molecule has 0 saturated carbocycles. The molecule has 106 valence electrons. The normalized spacial score (nSPS) is 19.9. The number of benzene rings is 1. The molecule has 0 aliphatic carbocycles. The largest absolute Gasteiger partial charge is 0.329 e. The number of nitrogens with one attached hydrogen (secondary N) is 2. The van der Waals surface area contributed by atoms with Crippen LogP contribution in [-0.4, -0.2) is 22.6 Å². The van der Waals surface area contributed by atoms with Gasteiger partial charge in [-0.15, -0.1) is 0 Å². The average molecular weight is 273 g/mol. The predicted molar refractivity (Wildman–Crippen MR) is 79.3 cm³/mol. The van der Waals surface area contributed by atoms with Gasteiger partial charge in [0.1, 0.15) is 0 Å². The molecule has 0 radical (unpaired) electrons. The Hall–Kier alpha value is -1.88. The van der Waals surface area contributed by atoms with E-state index in [-0.39, 0.29) is 17.3 Å². The fourth-order valence-electron chi connectivity index (χ4n) is 2.90. The standard InChI is InChI=1S/C15H19N3O2/c1-10-5-6-12-13(8-10)17-15(20)18(14(12)19)11-4-2-3-7-16-9-11/h5-6,8,11,16H,2-4,7,9H2,1H3,(H,17,20). The van der Waals surface area contributed by atoms with Gasteiger partial charge in [-0.3, -0.25) is 9.36 Å². The van der Waals surface area contributed by atoms with Crippen LogP contribution in [0.2, 0.25) is 0 Å². The number of aryl methyl sites for hydroxylation is 1. The first-order chi connectivity index (χ1) is 9.66. The van der Waals surface area contributed by atoms with Gasteiger partial charge in [-0.2, -0.15) is 0 Å². The van der Waals surface area contributed by atoms with Crippen molar-refractivity contribution in [1.82, 2.24) is 14.9 Å². The Balaban J connectivity index is 2.18. The highest BCUT2D eigenvalue weighted by atomic mass is 16.2. The van der Waals surface area contributed by atoms with E-state index < -0.39 is 0 Å². The number of nitrogens with zero attached hydrogens (tertiary/aromatic N) is 1. The number of aromatic nitrogens is 2. The molecular formula is C15H19N3O2. The third-order valence-electron chi connectivity index (χ3n) is 3.97. The molecule has 20 heavy (non-hydrogen) atoms. The summed E-state index contributed by atoms with van der Waals surface area (Å²) in [6, 6.07) is 5.48. The summed E-state index contributed by atoms with van der Waals surface area (Å²) >= 11 is 0. The number of H-pyrrole nitrogens is 1. The van der Waals surface area contributed by atoms with Gasteiger partial charge in [0.15, 0.2) is 0 Å². The minimum Gasteiger partial charge on any atom is -0.315 e. The SMILES string of the molecule is Cc1ccc2c(=O)n(C3CCCCNC3)c(=O)[nH]c2c1. The molecule has 0 bridgehead atoms. The van der Waals surface area contributed by atoms with E-state index in [4.69, 9.17) is 0 Å². The van der Waals surface area contributed by atoms with E-state index in [2.05, 4.69) is 10.3 Å². The van der Waals surface area contributed by atoms with Crippen molar-refractivity contribution in [2.24, 2.45) is 0 Å². The molecule has 5 nitrogen and oxygen atoms in total. The molecule has 1 aliphatic rings. The molecular weight excluding hydrogens is 254 g/mol. The van der Waals surface area contributed by atoms with Crippen molar-refractivity contribution in [3.05, 3.63) is 44.6 Å². The van der Waals surface area contributed by atoms with Crippen LogP contribution in [0.1, 0.15) is 30.9 Å². The summed E-state index contributed by atoms with van der Waals surface area (Å²) in [5.41, 5.74) is 1.17. The molecule has 0 amide bonds. The first-order valence-corrected chi connectivity index (χ1v) is 7.13. The Labute approximate surface area is 116 Å². The third kappa shape index (κ3) is 2.29. The van der Waals surface area contributed by atoms with Crippen LogP contribution in [0.4, 0.5) is 0 Å². The van der Waals surface area contributed by atoms with Crippen LogP contribution in [0.5, 0.6) is 0 Å². The maximum atomic E-state index is 12.6. The summed E-state index contributed by atoms with van der Waals surface area (Å²) in [7, 11) is 0. The molecule has 0 spiro atoms. The van der Waals surface area contributed by atoms with Crippen molar-refractivity contribution >= 4 is 10.9 Å². The second-order valence-electron chi connectivity index (χ2n) is 5.51. The number of hydrogen-bond acceptors (Lipinski definition) is 3. The Kier molecular flexibility index (Phi) is 3.44. The molecule has 2 heterocycles. The van der Waals surface area contributed by atoms with Gasteiger partial charge in [0.25, 0.3) is 5.56 Å². The zero-order chi connectivity index (χ0) is 14.1. The highest BCUT2D eigenvalue weighted by molar-refractivity contribution is 5.77. The molecule has 1 atom stereocenters. The summed E-state index contributed by atoms with van der Waals surface area (Å²) in [6.07, 6.45) is 3.00. The molecule has 1 aliphatic heterocycles. The number of hydrogen-bond donors (Lipinski definition) is 2.